The lowest BCUT2D eigenvalue weighted by atomic mass is 10.3. The number of nitrogens with zero attached hydrogens (tertiary/aromatic N) is 2. The van der Waals surface area contributed by atoms with E-state index < -0.39 is 0 Å². The van der Waals surface area contributed by atoms with Crippen LogP contribution in [0.1, 0.15) is 0 Å². The molecule has 2 nitrogen and oxygen atoms in total. The predicted molar refractivity (Wildman–Crippen MR) is 101 cm³/mol. The molecule has 0 N–H and O–H groups in total. The van der Waals surface area contributed by atoms with Crippen LogP contribution in [-0.4, -0.2) is 9.97 Å². The third-order valence-electron chi connectivity index (χ3n) is 2.84. The summed E-state index contributed by atoms with van der Waals surface area (Å²) in [6.45, 7) is 0. The molecule has 0 spiro atoms. The molecule has 110 valence electrons. The van der Waals surface area contributed by atoms with Crippen molar-refractivity contribution in [3.8, 4) is 0 Å². The van der Waals surface area contributed by atoms with Crippen LogP contribution in [0.25, 0.3) is 20.4 Å². The van der Waals surface area contributed by atoms with Crippen LogP contribution in [0, 0.1) is 0 Å². The van der Waals surface area contributed by atoms with Crippen molar-refractivity contribution in [1.29, 1.82) is 0 Å². The summed E-state index contributed by atoms with van der Waals surface area (Å²) in [5.41, 5.74) is 1.88. The van der Waals surface area contributed by atoms with Gasteiger partial charge in [0.1, 0.15) is 0 Å². The third-order valence-corrected chi connectivity index (χ3v) is 8.36. The highest BCUT2D eigenvalue weighted by molar-refractivity contribution is 8.77. The van der Waals surface area contributed by atoms with Gasteiger partial charge in [-0.2, -0.15) is 0 Å². The normalized spacial score (nSPS) is 11.5. The number of hydrogen-bond donors (Lipinski definition) is 0. The predicted octanol–water partition coefficient (Wildman–Crippen LogP) is 7.01. The number of fused-ring (bicyclic) bond motifs is 2. The molecule has 2 heterocycles. The van der Waals surface area contributed by atoms with Crippen molar-refractivity contribution in [3.05, 3.63) is 46.4 Å². The molecule has 0 fully saturated rings. The Morgan fingerprint density at radius 1 is 0.727 bits per heavy atom. The van der Waals surface area contributed by atoms with Gasteiger partial charge in [0.25, 0.3) is 0 Å². The van der Waals surface area contributed by atoms with Crippen molar-refractivity contribution in [3.63, 3.8) is 0 Å². The van der Waals surface area contributed by atoms with E-state index in [1.165, 1.54) is 0 Å². The van der Waals surface area contributed by atoms with Gasteiger partial charge in [-0.15, -0.1) is 22.7 Å². The summed E-state index contributed by atoms with van der Waals surface area (Å²) in [5.74, 6) is 0. The van der Waals surface area contributed by atoms with Gasteiger partial charge in [-0.1, -0.05) is 23.2 Å². The Morgan fingerprint density at radius 3 is 1.64 bits per heavy atom. The van der Waals surface area contributed by atoms with Crippen molar-refractivity contribution < 1.29 is 0 Å². The van der Waals surface area contributed by atoms with Gasteiger partial charge in [-0.3, -0.25) is 0 Å². The van der Waals surface area contributed by atoms with E-state index in [2.05, 4.69) is 9.97 Å². The van der Waals surface area contributed by atoms with E-state index >= 15 is 0 Å². The highest BCUT2D eigenvalue weighted by Crippen LogP contribution is 2.43. The molecule has 0 aliphatic carbocycles. The third kappa shape index (κ3) is 3.09. The Morgan fingerprint density at radius 2 is 1.18 bits per heavy atom. The molecule has 0 bridgehead atoms. The van der Waals surface area contributed by atoms with Crippen LogP contribution >= 0.6 is 67.5 Å². The van der Waals surface area contributed by atoms with Gasteiger partial charge in [0.2, 0.25) is 0 Å². The van der Waals surface area contributed by atoms with E-state index in [0.717, 1.165) is 29.1 Å². The lowest BCUT2D eigenvalue weighted by Gasteiger charge is -1.90. The number of rotatable bonds is 3. The van der Waals surface area contributed by atoms with Crippen LogP contribution in [0.3, 0.4) is 0 Å². The van der Waals surface area contributed by atoms with Crippen molar-refractivity contribution >= 4 is 87.9 Å². The first-order valence-corrected chi connectivity index (χ1v) is 10.7. The molecule has 0 amide bonds. The van der Waals surface area contributed by atoms with Gasteiger partial charge in [0.15, 0.2) is 8.68 Å². The summed E-state index contributed by atoms with van der Waals surface area (Å²) in [7, 11) is 3.24. The smallest absolute Gasteiger partial charge is 0.162 e. The quantitative estimate of drug-likeness (QED) is 0.345. The topological polar surface area (TPSA) is 25.8 Å². The minimum atomic E-state index is 0.713. The van der Waals surface area contributed by atoms with Crippen molar-refractivity contribution in [2.45, 2.75) is 8.68 Å². The zero-order valence-electron chi connectivity index (χ0n) is 10.7. The van der Waals surface area contributed by atoms with Crippen LogP contribution in [0.15, 0.2) is 45.1 Å². The molecule has 4 rings (SSSR count). The fraction of sp³-hybridized carbons (Fsp3) is 0. The van der Waals surface area contributed by atoms with Gasteiger partial charge in [0, 0.05) is 10.0 Å². The molecule has 2 aromatic carbocycles. The summed E-state index contributed by atoms with van der Waals surface area (Å²) in [6.07, 6.45) is 0. The maximum atomic E-state index is 5.99. The standard InChI is InChI=1S/C14H6Cl2N2S4/c15-7-1-3-11-9(5-7)17-13(19-11)21-22-14-18-10-6-8(16)2-4-12(10)20-14/h1-6H. The van der Waals surface area contributed by atoms with E-state index in [0.29, 0.717) is 10.0 Å². The Labute approximate surface area is 152 Å². The Bertz CT molecular complexity index is 899. The Kier molecular flexibility index (Phi) is 4.23. The van der Waals surface area contributed by atoms with E-state index in [4.69, 9.17) is 23.2 Å². The molecule has 4 aromatic rings. The number of aromatic nitrogens is 2. The lowest BCUT2D eigenvalue weighted by Crippen LogP contribution is -1.69. The average Bonchev–Trinajstić information content (AvgIpc) is 3.07. The first kappa shape index (κ1) is 15.1. The summed E-state index contributed by atoms with van der Waals surface area (Å²) >= 11 is 15.3. The molecule has 0 atom stereocenters. The van der Waals surface area contributed by atoms with Gasteiger partial charge in [0.05, 0.1) is 20.4 Å². The molecule has 8 heteroatoms. The van der Waals surface area contributed by atoms with E-state index in [-0.39, 0.29) is 0 Å². The number of halogens is 2. The minimum Gasteiger partial charge on any atom is -0.229 e. The molecule has 22 heavy (non-hydrogen) atoms. The first-order chi connectivity index (χ1) is 10.7. The van der Waals surface area contributed by atoms with Gasteiger partial charge in [-0.25, -0.2) is 9.97 Å². The summed E-state index contributed by atoms with van der Waals surface area (Å²) in [5, 5.41) is 1.43. The second kappa shape index (κ2) is 6.19. The second-order valence-electron chi connectivity index (χ2n) is 4.35. The average molecular weight is 401 g/mol. The zero-order chi connectivity index (χ0) is 15.1. The molecular weight excluding hydrogens is 395 g/mol. The highest BCUT2D eigenvalue weighted by atomic mass is 35.5. The summed E-state index contributed by atoms with van der Waals surface area (Å²) < 4.78 is 4.28. The van der Waals surface area contributed by atoms with Gasteiger partial charge in [-0.05, 0) is 58.0 Å². The fourth-order valence-electron chi connectivity index (χ4n) is 1.90. The van der Waals surface area contributed by atoms with Gasteiger partial charge >= 0.3 is 0 Å². The SMILES string of the molecule is Clc1ccc2sc(SSc3nc4cc(Cl)ccc4s3)nc2c1. The van der Waals surface area contributed by atoms with E-state index in [1.54, 1.807) is 44.3 Å². The monoisotopic (exact) mass is 400 g/mol. The van der Waals surface area contributed by atoms with Crippen LogP contribution in [0.2, 0.25) is 10.0 Å². The first-order valence-electron chi connectivity index (χ1n) is 6.14. The molecule has 0 aliphatic heterocycles. The highest BCUT2D eigenvalue weighted by Gasteiger charge is 2.09. The Balaban J connectivity index is 1.56. The molecule has 2 aromatic heterocycles. The molecular formula is C14H6Cl2N2S4. The number of benzene rings is 2. The number of thiazole rings is 2. The van der Waals surface area contributed by atoms with Crippen LogP contribution in [0.5, 0.6) is 0 Å². The van der Waals surface area contributed by atoms with Crippen LogP contribution < -0.4 is 0 Å². The largest absolute Gasteiger partial charge is 0.229 e. The van der Waals surface area contributed by atoms with Crippen LogP contribution in [0.4, 0.5) is 0 Å². The van der Waals surface area contributed by atoms with Crippen molar-refractivity contribution in [1.82, 2.24) is 9.97 Å². The second-order valence-corrected chi connectivity index (χ2v) is 9.91. The fourth-order valence-corrected chi connectivity index (χ4v) is 6.69. The molecule has 0 radical (unpaired) electrons. The molecule has 0 saturated heterocycles. The van der Waals surface area contributed by atoms with Gasteiger partial charge < -0.3 is 0 Å². The maximum absolute atomic E-state index is 5.99. The Hall–Kier alpha value is -0.500. The van der Waals surface area contributed by atoms with E-state index in [9.17, 15) is 0 Å². The van der Waals surface area contributed by atoms with Crippen LogP contribution in [-0.2, 0) is 0 Å². The molecule has 0 unspecified atom stereocenters. The zero-order valence-corrected chi connectivity index (χ0v) is 15.5. The van der Waals surface area contributed by atoms with E-state index in [1.807, 2.05) is 36.4 Å². The maximum Gasteiger partial charge on any atom is 0.162 e. The summed E-state index contributed by atoms with van der Waals surface area (Å²) in [6, 6.07) is 11.6. The molecule has 0 saturated carbocycles. The van der Waals surface area contributed by atoms with Crippen molar-refractivity contribution in [2.24, 2.45) is 0 Å². The molecule has 0 aliphatic rings. The lowest BCUT2D eigenvalue weighted by molar-refractivity contribution is 1.31. The number of hydrogen-bond acceptors (Lipinski definition) is 6. The summed E-state index contributed by atoms with van der Waals surface area (Å²) in [4.78, 5) is 9.18. The van der Waals surface area contributed by atoms with Crippen molar-refractivity contribution in [2.75, 3.05) is 0 Å². The minimum absolute atomic E-state index is 0.713.